The summed E-state index contributed by atoms with van der Waals surface area (Å²) >= 11 is 0. The Labute approximate surface area is 121 Å². The van der Waals surface area contributed by atoms with Gasteiger partial charge in [-0.25, -0.2) is 0 Å². The lowest BCUT2D eigenvalue weighted by molar-refractivity contribution is -0.142. The van der Waals surface area contributed by atoms with Crippen molar-refractivity contribution in [1.29, 1.82) is 0 Å². The Morgan fingerprint density at radius 1 is 1.43 bits per heavy atom. The number of hydrogen-bond donors (Lipinski definition) is 2. The van der Waals surface area contributed by atoms with E-state index in [1.807, 2.05) is 0 Å². The van der Waals surface area contributed by atoms with Crippen molar-refractivity contribution >= 4 is 17.8 Å². The van der Waals surface area contributed by atoms with Crippen molar-refractivity contribution in [3.8, 4) is 0 Å². The molecule has 2 heterocycles. The second-order valence-corrected chi connectivity index (χ2v) is 5.37. The van der Waals surface area contributed by atoms with Gasteiger partial charge in [-0.15, -0.1) is 0 Å². The van der Waals surface area contributed by atoms with Gasteiger partial charge in [0.05, 0.1) is 17.7 Å². The molecule has 1 aromatic heterocycles. The number of nitrogens with one attached hydrogen (secondary N) is 1. The highest BCUT2D eigenvalue weighted by molar-refractivity contribution is 5.97. The van der Waals surface area contributed by atoms with Crippen molar-refractivity contribution in [3.63, 3.8) is 0 Å². The van der Waals surface area contributed by atoms with E-state index in [0.717, 1.165) is 0 Å². The second-order valence-electron chi connectivity index (χ2n) is 5.37. The van der Waals surface area contributed by atoms with Crippen molar-refractivity contribution in [2.24, 2.45) is 11.8 Å². The van der Waals surface area contributed by atoms with Crippen LogP contribution in [-0.4, -0.2) is 46.9 Å². The molecule has 1 saturated heterocycles. The minimum absolute atomic E-state index is 0.0942. The summed E-state index contributed by atoms with van der Waals surface area (Å²) < 4.78 is 4.81. The average Bonchev–Trinajstić information content (AvgIpc) is 3.06. The van der Waals surface area contributed by atoms with E-state index in [2.05, 4.69) is 5.32 Å². The lowest BCUT2D eigenvalue weighted by Gasteiger charge is -2.21. The molecule has 1 unspecified atom stereocenters. The highest BCUT2D eigenvalue weighted by atomic mass is 16.4. The first kappa shape index (κ1) is 15.1. The van der Waals surface area contributed by atoms with Crippen molar-refractivity contribution in [2.45, 2.75) is 19.9 Å². The third kappa shape index (κ3) is 3.24. The smallest absolute Gasteiger partial charge is 0.308 e. The van der Waals surface area contributed by atoms with Gasteiger partial charge in [0.15, 0.2) is 0 Å². The zero-order chi connectivity index (χ0) is 15.6. The molecule has 1 aromatic rings. The fourth-order valence-electron chi connectivity index (χ4n) is 2.48. The van der Waals surface area contributed by atoms with Gasteiger partial charge >= 0.3 is 5.97 Å². The molecular formula is C14H18N2O5. The average molecular weight is 294 g/mol. The molecule has 7 heteroatoms. The highest BCUT2D eigenvalue weighted by Gasteiger charge is 2.38. The molecule has 21 heavy (non-hydrogen) atoms. The zero-order valence-corrected chi connectivity index (χ0v) is 11.9. The van der Waals surface area contributed by atoms with Crippen molar-refractivity contribution in [2.75, 3.05) is 13.1 Å². The number of amides is 2. The molecule has 1 aliphatic heterocycles. The molecule has 0 aromatic carbocycles. The lowest BCUT2D eigenvalue weighted by Crippen LogP contribution is -2.46. The maximum Gasteiger partial charge on any atom is 0.308 e. The Balaban J connectivity index is 1.94. The number of carboxylic acids is 1. The molecular weight excluding hydrogens is 276 g/mol. The van der Waals surface area contributed by atoms with Crippen molar-refractivity contribution in [1.82, 2.24) is 10.2 Å². The van der Waals surface area contributed by atoms with E-state index < -0.39 is 23.8 Å². The highest BCUT2D eigenvalue weighted by Crippen LogP contribution is 2.23. The third-order valence-electron chi connectivity index (χ3n) is 3.74. The maximum atomic E-state index is 12.3. The summed E-state index contributed by atoms with van der Waals surface area (Å²) in [6.45, 7) is 3.96. The SMILES string of the molecule is CC(NC(=O)c1ccoc1)C(=O)N1C[C@@H](C)[C@H](C(=O)O)C1. The molecule has 2 amide bonds. The van der Waals surface area contributed by atoms with Gasteiger partial charge in [-0.2, -0.15) is 0 Å². The minimum atomic E-state index is -0.895. The van der Waals surface area contributed by atoms with Crippen LogP contribution in [0.5, 0.6) is 0 Å². The van der Waals surface area contributed by atoms with Gasteiger partial charge in [-0.3, -0.25) is 14.4 Å². The predicted molar refractivity (Wildman–Crippen MR) is 72.5 cm³/mol. The number of carboxylic acid groups (broad SMARTS) is 1. The molecule has 7 nitrogen and oxygen atoms in total. The van der Waals surface area contributed by atoms with Gasteiger partial charge in [0.1, 0.15) is 12.3 Å². The van der Waals surface area contributed by atoms with Gasteiger partial charge in [-0.05, 0) is 18.9 Å². The van der Waals surface area contributed by atoms with E-state index in [0.29, 0.717) is 12.1 Å². The van der Waals surface area contributed by atoms with Gasteiger partial charge in [0.25, 0.3) is 5.91 Å². The number of aliphatic carboxylic acids is 1. The number of rotatable bonds is 4. The summed E-state index contributed by atoms with van der Waals surface area (Å²) in [6.07, 6.45) is 2.67. The van der Waals surface area contributed by atoms with Crippen LogP contribution >= 0.6 is 0 Å². The van der Waals surface area contributed by atoms with E-state index in [1.165, 1.54) is 23.5 Å². The Kier molecular flexibility index (Phi) is 4.30. The van der Waals surface area contributed by atoms with Gasteiger partial charge in [-0.1, -0.05) is 6.92 Å². The Morgan fingerprint density at radius 2 is 2.14 bits per heavy atom. The molecule has 2 rings (SSSR count). The summed E-state index contributed by atoms with van der Waals surface area (Å²) in [5.41, 5.74) is 0.341. The third-order valence-corrected chi connectivity index (χ3v) is 3.74. The van der Waals surface area contributed by atoms with E-state index in [-0.39, 0.29) is 18.4 Å². The number of nitrogens with zero attached hydrogens (tertiary/aromatic N) is 1. The summed E-state index contributed by atoms with van der Waals surface area (Å²) in [7, 11) is 0. The van der Waals surface area contributed by atoms with Crippen molar-refractivity contribution < 1.29 is 23.9 Å². The summed E-state index contributed by atoms with van der Waals surface area (Å²) in [5, 5.41) is 11.7. The first-order valence-electron chi connectivity index (χ1n) is 6.74. The number of likely N-dealkylation sites (tertiary alicyclic amines) is 1. The van der Waals surface area contributed by atoms with Crippen LogP contribution in [0.1, 0.15) is 24.2 Å². The lowest BCUT2D eigenvalue weighted by atomic mass is 9.99. The number of carbonyl (C=O) groups excluding carboxylic acids is 2. The first-order valence-corrected chi connectivity index (χ1v) is 6.74. The maximum absolute atomic E-state index is 12.3. The topological polar surface area (TPSA) is 99.9 Å². The molecule has 0 spiro atoms. The van der Waals surface area contributed by atoms with Crippen LogP contribution in [0.25, 0.3) is 0 Å². The first-order chi connectivity index (χ1) is 9.90. The summed E-state index contributed by atoms with van der Waals surface area (Å²) in [5.74, 6) is -2.21. The number of furan rings is 1. The predicted octanol–water partition coefficient (Wildman–Crippen LogP) is 0.577. The standard InChI is InChI=1S/C14H18N2O5/c1-8-5-16(6-11(8)14(19)20)13(18)9(2)15-12(17)10-3-4-21-7-10/h3-4,7-9,11H,5-6H2,1-2H3,(H,15,17)(H,19,20)/t8-,9?,11-/m1/s1. The van der Waals surface area contributed by atoms with E-state index in [9.17, 15) is 14.4 Å². The van der Waals surface area contributed by atoms with Crippen LogP contribution < -0.4 is 5.32 Å². The van der Waals surface area contributed by atoms with E-state index >= 15 is 0 Å². The van der Waals surface area contributed by atoms with Gasteiger partial charge in [0, 0.05) is 13.1 Å². The van der Waals surface area contributed by atoms with Crippen LogP contribution in [0.3, 0.4) is 0 Å². The molecule has 114 valence electrons. The molecule has 2 N–H and O–H groups in total. The summed E-state index contributed by atoms with van der Waals surface area (Å²) in [4.78, 5) is 36.7. The second kappa shape index (κ2) is 5.99. The Hall–Kier alpha value is -2.31. The van der Waals surface area contributed by atoms with Crippen LogP contribution in [0, 0.1) is 11.8 Å². The summed E-state index contributed by atoms with van der Waals surface area (Å²) in [6, 6.07) is 0.789. The minimum Gasteiger partial charge on any atom is -0.481 e. The van der Waals surface area contributed by atoms with Crippen molar-refractivity contribution in [3.05, 3.63) is 24.2 Å². The Bertz CT molecular complexity index is 540. The Morgan fingerprint density at radius 3 is 2.67 bits per heavy atom. The van der Waals surface area contributed by atoms with E-state index in [1.54, 1.807) is 13.8 Å². The zero-order valence-electron chi connectivity index (χ0n) is 11.9. The molecule has 1 aliphatic rings. The molecule has 0 radical (unpaired) electrons. The number of hydrogen-bond acceptors (Lipinski definition) is 4. The van der Waals surface area contributed by atoms with Crippen LogP contribution in [0.2, 0.25) is 0 Å². The normalized spacial score (nSPS) is 22.9. The molecule has 0 aliphatic carbocycles. The van der Waals surface area contributed by atoms with Crippen LogP contribution in [0.15, 0.2) is 23.0 Å². The molecule has 1 fully saturated rings. The largest absolute Gasteiger partial charge is 0.481 e. The number of carbonyl (C=O) groups is 3. The molecule has 0 bridgehead atoms. The van der Waals surface area contributed by atoms with Gasteiger partial charge in [0.2, 0.25) is 5.91 Å². The van der Waals surface area contributed by atoms with E-state index in [4.69, 9.17) is 9.52 Å². The van der Waals surface area contributed by atoms with Crippen LogP contribution in [-0.2, 0) is 9.59 Å². The van der Waals surface area contributed by atoms with Gasteiger partial charge < -0.3 is 19.7 Å². The quantitative estimate of drug-likeness (QED) is 0.846. The molecule has 0 saturated carbocycles. The monoisotopic (exact) mass is 294 g/mol. The van der Waals surface area contributed by atoms with Crippen LogP contribution in [0.4, 0.5) is 0 Å². The fraction of sp³-hybridized carbons (Fsp3) is 0.500. The fourth-order valence-corrected chi connectivity index (χ4v) is 2.48. The molecule has 3 atom stereocenters.